The van der Waals surface area contributed by atoms with Crippen molar-refractivity contribution in [3.8, 4) is 11.3 Å². The molecule has 156 valence electrons. The largest absolute Gasteiger partial charge is 0.325 e. The van der Waals surface area contributed by atoms with E-state index in [4.69, 9.17) is 4.98 Å². The van der Waals surface area contributed by atoms with Crippen molar-refractivity contribution in [1.82, 2.24) is 14.8 Å². The number of benzene rings is 2. The fraction of sp³-hybridized carbons (Fsp3) is 0.333. The van der Waals surface area contributed by atoms with Gasteiger partial charge in [-0.3, -0.25) is 14.6 Å². The van der Waals surface area contributed by atoms with E-state index in [0.717, 1.165) is 60.2 Å². The molecule has 1 amide bonds. The zero-order chi connectivity index (χ0) is 20.9. The van der Waals surface area contributed by atoms with E-state index in [1.807, 2.05) is 44.2 Å². The maximum absolute atomic E-state index is 12.5. The summed E-state index contributed by atoms with van der Waals surface area (Å²) in [4.78, 5) is 21.9. The van der Waals surface area contributed by atoms with Crippen molar-refractivity contribution in [2.75, 3.05) is 38.0 Å². The number of hydrogen-bond acceptors (Lipinski definition) is 5. The van der Waals surface area contributed by atoms with Gasteiger partial charge in [-0.2, -0.15) is 0 Å². The summed E-state index contributed by atoms with van der Waals surface area (Å²) in [5, 5.41) is 6.35. The highest BCUT2D eigenvalue weighted by atomic mass is 32.1. The Balaban J connectivity index is 1.25. The van der Waals surface area contributed by atoms with Crippen molar-refractivity contribution in [1.29, 1.82) is 0 Å². The number of aryl methyl sites for hydroxylation is 2. The molecule has 0 radical (unpaired) electrons. The maximum atomic E-state index is 12.5. The first-order valence-electron chi connectivity index (χ1n) is 10.4. The monoisotopic (exact) mass is 420 g/mol. The Kier molecular flexibility index (Phi) is 6.57. The summed E-state index contributed by atoms with van der Waals surface area (Å²) in [6, 6.07) is 16.5. The molecule has 6 heteroatoms. The molecule has 0 saturated carbocycles. The lowest BCUT2D eigenvalue weighted by atomic mass is 10.1. The van der Waals surface area contributed by atoms with E-state index in [-0.39, 0.29) is 5.91 Å². The number of carbonyl (C=O) groups is 1. The average Bonchev–Trinajstić information content (AvgIpc) is 3.21. The second kappa shape index (κ2) is 9.51. The van der Waals surface area contributed by atoms with Crippen LogP contribution in [0.5, 0.6) is 0 Å². The van der Waals surface area contributed by atoms with E-state index in [0.29, 0.717) is 6.54 Å². The number of nitrogens with zero attached hydrogens (tertiary/aromatic N) is 3. The van der Waals surface area contributed by atoms with Gasteiger partial charge in [0.1, 0.15) is 5.01 Å². The Morgan fingerprint density at radius 1 is 1.03 bits per heavy atom. The topological polar surface area (TPSA) is 48.5 Å². The number of rotatable bonds is 6. The van der Waals surface area contributed by atoms with Crippen molar-refractivity contribution >= 4 is 22.9 Å². The summed E-state index contributed by atoms with van der Waals surface area (Å²) in [6.07, 6.45) is 0. The smallest absolute Gasteiger partial charge is 0.238 e. The molecular weight excluding hydrogens is 392 g/mol. The molecule has 1 saturated heterocycles. The van der Waals surface area contributed by atoms with E-state index in [9.17, 15) is 4.79 Å². The lowest BCUT2D eigenvalue weighted by Gasteiger charge is -2.33. The molecule has 0 spiro atoms. The molecule has 5 nitrogen and oxygen atoms in total. The van der Waals surface area contributed by atoms with E-state index >= 15 is 0 Å². The third kappa shape index (κ3) is 5.33. The van der Waals surface area contributed by atoms with Gasteiger partial charge in [0, 0.05) is 42.8 Å². The van der Waals surface area contributed by atoms with Crippen molar-refractivity contribution in [2.24, 2.45) is 0 Å². The summed E-state index contributed by atoms with van der Waals surface area (Å²) in [7, 11) is 0. The molecule has 2 aromatic carbocycles. The Hall–Kier alpha value is -2.54. The van der Waals surface area contributed by atoms with Gasteiger partial charge >= 0.3 is 0 Å². The second-order valence-corrected chi connectivity index (χ2v) is 8.85. The van der Waals surface area contributed by atoms with E-state index in [1.54, 1.807) is 11.3 Å². The van der Waals surface area contributed by atoms with Crippen LogP contribution in [-0.2, 0) is 11.3 Å². The number of nitrogens with one attached hydrogen (secondary N) is 1. The van der Waals surface area contributed by atoms with Crippen LogP contribution in [0.2, 0.25) is 0 Å². The summed E-state index contributed by atoms with van der Waals surface area (Å²) in [5.74, 6) is 0.0598. The van der Waals surface area contributed by atoms with Crippen LogP contribution in [0, 0.1) is 13.8 Å². The summed E-state index contributed by atoms with van der Waals surface area (Å²) in [5.41, 5.74) is 5.38. The summed E-state index contributed by atoms with van der Waals surface area (Å²) < 4.78 is 0. The molecule has 3 aromatic rings. The number of aromatic nitrogens is 1. The van der Waals surface area contributed by atoms with Gasteiger partial charge in [-0.05, 0) is 31.0 Å². The van der Waals surface area contributed by atoms with Gasteiger partial charge < -0.3 is 5.32 Å². The Labute approximate surface area is 182 Å². The maximum Gasteiger partial charge on any atom is 0.238 e. The Bertz CT molecular complexity index is 993. The van der Waals surface area contributed by atoms with Gasteiger partial charge in [-0.1, -0.05) is 42.5 Å². The molecule has 1 fully saturated rings. The van der Waals surface area contributed by atoms with Crippen LogP contribution in [-0.4, -0.2) is 53.4 Å². The zero-order valence-corrected chi connectivity index (χ0v) is 18.4. The fourth-order valence-corrected chi connectivity index (χ4v) is 4.53. The molecular formula is C24H28N4OS. The molecule has 4 rings (SSSR count). The normalized spacial score (nSPS) is 15.3. The predicted octanol–water partition coefficient (Wildman–Crippen LogP) is 4.18. The first-order valence-corrected chi connectivity index (χ1v) is 11.3. The molecule has 1 aliphatic heterocycles. The van der Waals surface area contributed by atoms with Gasteiger partial charge in [0.15, 0.2) is 0 Å². The number of carbonyl (C=O) groups excluding carboxylic acids is 1. The molecule has 30 heavy (non-hydrogen) atoms. The lowest BCUT2D eigenvalue weighted by Crippen LogP contribution is -2.48. The molecule has 0 atom stereocenters. The summed E-state index contributed by atoms with van der Waals surface area (Å²) >= 11 is 1.72. The molecule has 1 aliphatic rings. The molecule has 1 N–H and O–H groups in total. The van der Waals surface area contributed by atoms with Gasteiger partial charge in [-0.25, -0.2) is 4.98 Å². The van der Waals surface area contributed by atoms with Crippen molar-refractivity contribution < 1.29 is 4.79 Å². The molecule has 0 unspecified atom stereocenters. The van der Waals surface area contributed by atoms with Gasteiger partial charge in [0.05, 0.1) is 18.8 Å². The number of amides is 1. The average molecular weight is 421 g/mol. The zero-order valence-electron chi connectivity index (χ0n) is 17.6. The quantitative estimate of drug-likeness (QED) is 0.650. The van der Waals surface area contributed by atoms with E-state index in [2.05, 4.69) is 38.7 Å². The van der Waals surface area contributed by atoms with Crippen molar-refractivity contribution in [3.05, 3.63) is 70.0 Å². The number of thiazole rings is 1. The SMILES string of the molecule is Cc1ccc(C)c(NC(=O)CN2CCN(Cc3nc(-c4ccccc4)cs3)CC2)c1. The van der Waals surface area contributed by atoms with Crippen LogP contribution >= 0.6 is 11.3 Å². The van der Waals surface area contributed by atoms with Crippen LogP contribution in [0.3, 0.4) is 0 Å². The van der Waals surface area contributed by atoms with Crippen LogP contribution in [0.1, 0.15) is 16.1 Å². The highest BCUT2D eigenvalue weighted by Gasteiger charge is 2.20. The first kappa shape index (κ1) is 20.7. The van der Waals surface area contributed by atoms with Crippen LogP contribution in [0.4, 0.5) is 5.69 Å². The fourth-order valence-electron chi connectivity index (χ4n) is 3.69. The first-order chi connectivity index (χ1) is 14.6. The predicted molar refractivity (Wildman–Crippen MR) is 124 cm³/mol. The minimum Gasteiger partial charge on any atom is -0.325 e. The molecule has 0 bridgehead atoms. The minimum atomic E-state index is 0.0598. The highest BCUT2D eigenvalue weighted by molar-refractivity contribution is 7.09. The van der Waals surface area contributed by atoms with Crippen LogP contribution in [0.25, 0.3) is 11.3 Å². The van der Waals surface area contributed by atoms with Gasteiger partial charge in [-0.15, -0.1) is 11.3 Å². The highest BCUT2D eigenvalue weighted by Crippen LogP contribution is 2.23. The number of hydrogen-bond donors (Lipinski definition) is 1. The lowest BCUT2D eigenvalue weighted by molar-refractivity contribution is -0.117. The molecule has 0 aliphatic carbocycles. The minimum absolute atomic E-state index is 0.0598. The molecule has 1 aromatic heterocycles. The number of anilines is 1. The third-order valence-electron chi connectivity index (χ3n) is 5.48. The molecule has 2 heterocycles. The van der Waals surface area contributed by atoms with E-state index < -0.39 is 0 Å². The van der Waals surface area contributed by atoms with Gasteiger partial charge in [0.2, 0.25) is 5.91 Å². The Morgan fingerprint density at radius 3 is 2.53 bits per heavy atom. The van der Waals surface area contributed by atoms with E-state index in [1.165, 1.54) is 5.56 Å². The van der Waals surface area contributed by atoms with Crippen LogP contribution < -0.4 is 5.32 Å². The second-order valence-electron chi connectivity index (χ2n) is 7.91. The van der Waals surface area contributed by atoms with Crippen molar-refractivity contribution in [2.45, 2.75) is 20.4 Å². The summed E-state index contributed by atoms with van der Waals surface area (Å²) in [6.45, 7) is 9.09. The van der Waals surface area contributed by atoms with Crippen LogP contribution in [0.15, 0.2) is 53.9 Å². The van der Waals surface area contributed by atoms with Gasteiger partial charge in [0.25, 0.3) is 0 Å². The third-order valence-corrected chi connectivity index (χ3v) is 6.31. The van der Waals surface area contributed by atoms with Crippen molar-refractivity contribution in [3.63, 3.8) is 0 Å². The Morgan fingerprint density at radius 2 is 1.77 bits per heavy atom. The standard InChI is InChI=1S/C24H28N4OS/c1-18-8-9-19(2)21(14-18)25-23(29)15-27-10-12-28(13-11-27)16-24-26-22(17-30-24)20-6-4-3-5-7-20/h3-9,14,17H,10-13,15-16H2,1-2H3,(H,25,29). The number of piperazine rings is 1.